The summed E-state index contributed by atoms with van der Waals surface area (Å²) in [5.74, 6) is 1.81. The Morgan fingerprint density at radius 3 is 2.81 bits per heavy atom. The van der Waals surface area contributed by atoms with Crippen LogP contribution in [0.3, 0.4) is 0 Å². The number of fused-ring (bicyclic) bond motifs is 1. The lowest BCUT2D eigenvalue weighted by molar-refractivity contribution is 0.415. The minimum absolute atomic E-state index is 0.835. The van der Waals surface area contributed by atoms with E-state index in [9.17, 15) is 0 Å². The summed E-state index contributed by atoms with van der Waals surface area (Å²) in [5, 5.41) is 0. The van der Waals surface area contributed by atoms with Gasteiger partial charge in [0.05, 0.1) is 12.8 Å². The molecule has 132 valence electrons. The summed E-state index contributed by atoms with van der Waals surface area (Å²) in [5.41, 5.74) is 6.14. The molecule has 0 unspecified atom stereocenters. The number of rotatable bonds is 3. The van der Waals surface area contributed by atoms with Gasteiger partial charge in [-0.25, -0.2) is 9.97 Å². The van der Waals surface area contributed by atoms with E-state index in [0.717, 1.165) is 48.8 Å². The Balaban J connectivity index is 1.65. The lowest BCUT2D eigenvalue weighted by Gasteiger charge is -2.22. The highest BCUT2D eigenvalue weighted by Gasteiger charge is 2.16. The van der Waals surface area contributed by atoms with Gasteiger partial charge < -0.3 is 9.64 Å². The van der Waals surface area contributed by atoms with Gasteiger partial charge in [0.2, 0.25) is 0 Å². The topological polar surface area (TPSA) is 38.2 Å². The maximum absolute atomic E-state index is 5.34. The number of aromatic nitrogens is 2. The van der Waals surface area contributed by atoms with Crippen LogP contribution in [0.25, 0.3) is 11.3 Å². The number of methoxy groups -OCH3 is 1. The van der Waals surface area contributed by atoms with Crippen molar-refractivity contribution in [2.24, 2.45) is 0 Å². The Kier molecular flexibility index (Phi) is 4.57. The molecule has 1 aromatic heterocycles. The molecule has 4 nitrogen and oxygen atoms in total. The molecule has 0 N–H and O–H groups in total. The maximum atomic E-state index is 5.34. The van der Waals surface area contributed by atoms with Crippen molar-refractivity contribution in [3.05, 3.63) is 71.5 Å². The highest BCUT2D eigenvalue weighted by atomic mass is 16.5. The molecule has 0 aliphatic carbocycles. The Morgan fingerprint density at radius 2 is 1.92 bits per heavy atom. The highest BCUT2D eigenvalue weighted by Crippen LogP contribution is 2.27. The van der Waals surface area contributed by atoms with Crippen LogP contribution in [0.1, 0.15) is 23.1 Å². The normalized spacial score (nSPS) is 13.8. The first-order valence-corrected chi connectivity index (χ1v) is 9.03. The van der Waals surface area contributed by atoms with Crippen LogP contribution in [0.15, 0.2) is 54.9 Å². The summed E-state index contributed by atoms with van der Waals surface area (Å²) in [4.78, 5) is 11.4. The number of hydrogen-bond acceptors (Lipinski definition) is 4. The molecule has 0 atom stereocenters. The van der Waals surface area contributed by atoms with Crippen molar-refractivity contribution in [2.45, 2.75) is 26.3 Å². The Hall–Kier alpha value is -2.88. The number of anilines is 1. The summed E-state index contributed by atoms with van der Waals surface area (Å²) < 4.78 is 5.34. The smallest absolute Gasteiger partial charge is 0.132 e. The van der Waals surface area contributed by atoms with E-state index in [0.29, 0.717) is 0 Å². The predicted molar refractivity (Wildman–Crippen MR) is 105 cm³/mol. The fraction of sp³-hybridized carbons (Fsp3) is 0.273. The van der Waals surface area contributed by atoms with E-state index in [4.69, 9.17) is 4.74 Å². The average Bonchev–Trinajstić information content (AvgIpc) is 2.90. The zero-order valence-electron chi connectivity index (χ0n) is 15.3. The van der Waals surface area contributed by atoms with E-state index in [2.05, 4.69) is 52.1 Å². The third kappa shape index (κ3) is 3.40. The monoisotopic (exact) mass is 345 g/mol. The number of aryl methyl sites for hydroxylation is 2. The van der Waals surface area contributed by atoms with Crippen LogP contribution in [0.2, 0.25) is 0 Å². The minimum Gasteiger partial charge on any atom is -0.497 e. The maximum Gasteiger partial charge on any atom is 0.132 e. The van der Waals surface area contributed by atoms with Crippen molar-refractivity contribution in [3.63, 3.8) is 0 Å². The lowest BCUT2D eigenvalue weighted by Crippen LogP contribution is -2.23. The Labute approximate surface area is 154 Å². The van der Waals surface area contributed by atoms with Gasteiger partial charge in [-0.3, -0.25) is 0 Å². The fourth-order valence-electron chi connectivity index (χ4n) is 3.55. The number of ether oxygens (including phenoxy) is 1. The first-order valence-electron chi connectivity index (χ1n) is 9.03. The molecule has 0 saturated heterocycles. The third-order valence-electron chi connectivity index (χ3n) is 4.94. The molecular formula is C22H23N3O. The van der Waals surface area contributed by atoms with E-state index in [1.165, 1.54) is 16.7 Å². The summed E-state index contributed by atoms with van der Waals surface area (Å²) in [7, 11) is 1.68. The lowest BCUT2D eigenvalue weighted by atomic mass is 10.0. The van der Waals surface area contributed by atoms with Crippen LogP contribution in [-0.4, -0.2) is 23.6 Å². The Bertz CT molecular complexity index is 923. The van der Waals surface area contributed by atoms with Crippen molar-refractivity contribution in [1.82, 2.24) is 9.97 Å². The van der Waals surface area contributed by atoms with Crippen LogP contribution < -0.4 is 9.64 Å². The molecule has 2 aromatic carbocycles. The van der Waals surface area contributed by atoms with Crippen molar-refractivity contribution >= 4 is 5.82 Å². The second kappa shape index (κ2) is 7.16. The van der Waals surface area contributed by atoms with Crippen molar-refractivity contribution in [2.75, 3.05) is 18.6 Å². The fourth-order valence-corrected chi connectivity index (χ4v) is 3.55. The van der Waals surface area contributed by atoms with Crippen LogP contribution in [0, 0.1) is 6.92 Å². The molecule has 0 saturated carbocycles. The molecule has 4 heteroatoms. The van der Waals surface area contributed by atoms with E-state index in [1.807, 2.05) is 18.2 Å². The van der Waals surface area contributed by atoms with Gasteiger partial charge in [0.25, 0.3) is 0 Å². The van der Waals surface area contributed by atoms with Gasteiger partial charge >= 0.3 is 0 Å². The molecular weight excluding hydrogens is 322 g/mol. The van der Waals surface area contributed by atoms with Gasteiger partial charge in [-0.2, -0.15) is 0 Å². The van der Waals surface area contributed by atoms with E-state index >= 15 is 0 Å². The van der Waals surface area contributed by atoms with Gasteiger partial charge in [0.15, 0.2) is 0 Å². The van der Waals surface area contributed by atoms with Crippen molar-refractivity contribution in [3.8, 4) is 17.0 Å². The van der Waals surface area contributed by atoms with E-state index in [1.54, 1.807) is 13.4 Å². The van der Waals surface area contributed by atoms with E-state index < -0.39 is 0 Å². The van der Waals surface area contributed by atoms with Crippen molar-refractivity contribution in [1.29, 1.82) is 0 Å². The molecule has 0 amide bonds. The number of benzene rings is 2. The van der Waals surface area contributed by atoms with Gasteiger partial charge in [0.1, 0.15) is 17.9 Å². The number of hydrogen-bond donors (Lipinski definition) is 0. The summed E-state index contributed by atoms with van der Waals surface area (Å²) in [6.45, 7) is 4.05. The zero-order valence-corrected chi connectivity index (χ0v) is 15.3. The average molecular weight is 345 g/mol. The van der Waals surface area contributed by atoms with E-state index in [-0.39, 0.29) is 0 Å². The summed E-state index contributed by atoms with van der Waals surface area (Å²) in [6.07, 6.45) is 3.92. The molecule has 2 heterocycles. The Morgan fingerprint density at radius 1 is 1.00 bits per heavy atom. The van der Waals surface area contributed by atoms with Crippen LogP contribution >= 0.6 is 0 Å². The quantitative estimate of drug-likeness (QED) is 0.705. The minimum atomic E-state index is 0.835. The van der Waals surface area contributed by atoms with Crippen LogP contribution in [0.4, 0.5) is 5.82 Å². The third-order valence-corrected chi connectivity index (χ3v) is 4.94. The van der Waals surface area contributed by atoms with Gasteiger partial charge in [-0.15, -0.1) is 0 Å². The molecule has 0 bridgehead atoms. The molecule has 1 aliphatic heterocycles. The first kappa shape index (κ1) is 16.6. The predicted octanol–water partition coefficient (Wildman–Crippen LogP) is 4.41. The molecule has 3 aromatic rings. The molecule has 1 aliphatic rings. The molecule has 0 radical (unpaired) electrons. The van der Waals surface area contributed by atoms with Crippen LogP contribution in [-0.2, 0) is 13.0 Å². The SMILES string of the molecule is COc1cccc(-c2cc(N3CCCc4ccc(C)cc4C3)ncn2)c1. The van der Waals surface area contributed by atoms with Gasteiger partial charge in [0, 0.05) is 24.7 Å². The van der Waals surface area contributed by atoms with Gasteiger partial charge in [-0.1, -0.05) is 35.9 Å². The first-order chi connectivity index (χ1) is 12.7. The molecule has 26 heavy (non-hydrogen) atoms. The second-order valence-electron chi connectivity index (χ2n) is 6.79. The number of nitrogens with zero attached hydrogens (tertiary/aromatic N) is 3. The summed E-state index contributed by atoms with van der Waals surface area (Å²) in [6, 6.07) is 16.9. The molecule has 4 rings (SSSR count). The largest absolute Gasteiger partial charge is 0.497 e. The molecule has 0 spiro atoms. The van der Waals surface area contributed by atoms with Crippen molar-refractivity contribution < 1.29 is 4.74 Å². The zero-order chi connectivity index (χ0) is 17.9. The summed E-state index contributed by atoms with van der Waals surface area (Å²) >= 11 is 0. The second-order valence-corrected chi connectivity index (χ2v) is 6.79. The van der Waals surface area contributed by atoms with Crippen LogP contribution in [0.5, 0.6) is 5.75 Å². The van der Waals surface area contributed by atoms with Gasteiger partial charge in [-0.05, 0) is 43.0 Å². The standard InChI is InChI=1S/C22H23N3O/c1-16-8-9-17-6-4-10-25(14-19(17)11-16)22-13-21(23-15-24-22)18-5-3-7-20(12-18)26-2/h3,5,7-9,11-13,15H,4,6,10,14H2,1-2H3. The molecule has 0 fully saturated rings. The highest BCUT2D eigenvalue weighted by molar-refractivity contribution is 5.64.